The molecular formula is C11H11N3O. The minimum absolute atomic E-state index is 0.413. The van der Waals surface area contributed by atoms with Crippen LogP contribution in [0.4, 0.5) is 0 Å². The fourth-order valence-electron chi connectivity index (χ4n) is 1.29. The third kappa shape index (κ3) is 1.88. The molecule has 4 nitrogen and oxygen atoms in total. The van der Waals surface area contributed by atoms with Gasteiger partial charge in [-0.2, -0.15) is 5.10 Å². The molecule has 76 valence electrons. The van der Waals surface area contributed by atoms with Crippen LogP contribution in [0, 0.1) is 6.92 Å². The average molecular weight is 201 g/mol. The number of primary amides is 1. The molecule has 0 saturated heterocycles. The number of aromatic nitrogens is 2. The van der Waals surface area contributed by atoms with Crippen LogP contribution in [0.2, 0.25) is 0 Å². The Morgan fingerprint density at radius 2 is 2.00 bits per heavy atom. The number of hydrogen-bond acceptors (Lipinski definition) is 2. The first-order valence-corrected chi connectivity index (χ1v) is 4.58. The van der Waals surface area contributed by atoms with E-state index in [4.69, 9.17) is 5.73 Å². The summed E-state index contributed by atoms with van der Waals surface area (Å²) in [5.74, 6) is -0.464. The standard InChI is InChI=1S/C11H11N3O/c1-8-2-4-10(5-3-8)14-7-9(6-13-14)11(12)15/h2-7H,1H3,(H2,12,15). The molecule has 0 unspecified atom stereocenters. The van der Waals surface area contributed by atoms with Gasteiger partial charge < -0.3 is 5.73 Å². The van der Waals surface area contributed by atoms with Crippen LogP contribution in [0.5, 0.6) is 0 Å². The minimum Gasteiger partial charge on any atom is -0.366 e. The molecule has 2 rings (SSSR count). The molecule has 1 aromatic carbocycles. The van der Waals surface area contributed by atoms with E-state index in [2.05, 4.69) is 5.10 Å². The second kappa shape index (κ2) is 3.57. The van der Waals surface area contributed by atoms with Gasteiger partial charge in [0.25, 0.3) is 5.91 Å². The third-order valence-electron chi connectivity index (χ3n) is 2.17. The zero-order valence-corrected chi connectivity index (χ0v) is 8.34. The minimum atomic E-state index is -0.464. The van der Waals surface area contributed by atoms with Gasteiger partial charge in [0.15, 0.2) is 0 Å². The fraction of sp³-hybridized carbons (Fsp3) is 0.0909. The van der Waals surface area contributed by atoms with Gasteiger partial charge in [0, 0.05) is 6.20 Å². The molecular weight excluding hydrogens is 190 g/mol. The Morgan fingerprint density at radius 3 is 2.53 bits per heavy atom. The summed E-state index contributed by atoms with van der Waals surface area (Å²) in [5.41, 5.74) is 7.64. The molecule has 0 aliphatic carbocycles. The first-order chi connectivity index (χ1) is 7.16. The lowest BCUT2D eigenvalue weighted by atomic mass is 10.2. The summed E-state index contributed by atoms with van der Waals surface area (Å²) in [4.78, 5) is 10.9. The first-order valence-electron chi connectivity index (χ1n) is 4.58. The van der Waals surface area contributed by atoms with Crippen molar-refractivity contribution in [1.82, 2.24) is 9.78 Å². The topological polar surface area (TPSA) is 60.9 Å². The molecule has 2 aromatic rings. The predicted octanol–water partition coefficient (Wildman–Crippen LogP) is 1.28. The monoisotopic (exact) mass is 201 g/mol. The van der Waals surface area contributed by atoms with Gasteiger partial charge in [-0.05, 0) is 19.1 Å². The smallest absolute Gasteiger partial charge is 0.251 e. The SMILES string of the molecule is Cc1ccc(-n2cc(C(N)=O)cn2)cc1. The summed E-state index contributed by atoms with van der Waals surface area (Å²) >= 11 is 0. The molecule has 0 atom stereocenters. The van der Waals surface area contributed by atoms with E-state index in [-0.39, 0.29) is 0 Å². The van der Waals surface area contributed by atoms with E-state index in [1.807, 2.05) is 31.2 Å². The number of carbonyl (C=O) groups excluding carboxylic acids is 1. The number of carbonyl (C=O) groups is 1. The number of rotatable bonds is 2. The van der Waals surface area contributed by atoms with Crippen LogP contribution in [0.1, 0.15) is 15.9 Å². The highest BCUT2D eigenvalue weighted by Crippen LogP contribution is 2.09. The van der Waals surface area contributed by atoms with Gasteiger partial charge in [0.1, 0.15) is 0 Å². The van der Waals surface area contributed by atoms with Crippen LogP contribution in [0.25, 0.3) is 5.69 Å². The molecule has 0 saturated carbocycles. The summed E-state index contributed by atoms with van der Waals surface area (Å²) in [6, 6.07) is 7.85. The highest BCUT2D eigenvalue weighted by molar-refractivity contribution is 5.92. The molecule has 1 amide bonds. The molecule has 1 aromatic heterocycles. The van der Waals surface area contributed by atoms with E-state index in [9.17, 15) is 4.79 Å². The first kappa shape index (κ1) is 9.45. The molecule has 1 heterocycles. The van der Waals surface area contributed by atoms with Gasteiger partial charge in [0.05, 0.1) is 17.4 Å². The Hall–Kier alpha value is -2.10. The van der Waals surface area contributed by atoms with E-state index in [1.54, 1.807) is 10.9 Å². The van der Waals surface area contributed by atoms with Crippen molar-refractivity contribution in [3.8, 4) is 5.69 Å². The van der Waals surface area contributed by atoms with Gasteiger partial charge in [-0.1, -0.05) is 17.7 Å². The van der Waals surface area contributed by atoms with Crippen LogP contribution < -0.4 is 5.73 Å². The second-order valence-electron chi connectivity index (χ2n) is 3.37. The van der Waals surface area contributed by atoms with Crippen molar-refractivity contribution in [1.29, 1.82) is 0 Å². The molecule has 2 N–H and O–H groups in total. The zero-order chi connectivity index (χ0) is 10.8. The van der Waals surface area contributed by atoms with Crippen molar-refractivity contribution in [2.75, 3.05) is 0 Å². The summed E-state index contributed by atoms with van der Waals surface area (Å²) < 4.78 is 1.62. The maximum atomic E-state index is 10.9. The zero-order valence-electron chi connectivity index (χ0n) is 8.34. The van der Waals surface area contributed by atoms with E-state index >= 15 is 0 Å². The van der Waals surface area contributed by atoms with E-state index in [0.29, 0.717) is 5.56 Å². The van der Waals surface area contributed by atoms with Crippen molar-refractivity contribution in [2.45, 2.75) is 6.92 Å². The van der Waals surface area contributed by atoms with Gasteiger partial charge in [-0.3, -0.25) is 4.79 Å². The molecule has 0 spiro atoms. The van der Waals surface area contributed by atoms with Crippen LogP contribution in [0.3, 0.4) is 0 Å². The number of nitrogens with two attached hydrogens (primary N) is 1. The Balaban J connectivity index is 2.37. The molecule has 0 aliphatic rings. The van der Waals surface area contributed by atoms with Gasteiger partial charge in [-0.15, -0.1) is 0 Å². The Labute approximate surface area is 87.3 Å². The van der Waals surface area contributed by atoms with E-state index in [0.717, 1.165) is 5.69 Å². The number of aryl methyl sites for hydroxylation is 1. The number of hydrogen-bond donors (Lipinski definition) is 1. The Bertz CT molecular complexity index is 485. The number of nitrogens with zero attached hydrogens (tertiary/aromatic N) is 2. The molecule has 0 bridgehead atoms. The van der Waals surface area contributed by atoms with Crippen molar-refractivity contribution >= 4 is 5.91 Å². The predicted molar refractivity (Wildman–Crippen MR) is 56.8 cm³/mol. The highest BCUT2D eigenvalue weighted by Gasteiger charge is 2.04. The largest absolute Gasteiger partial charge is 0.366 e. The summed E-state index contributed by atoms with van der Waals surface area (Å²) in [6.45, 7) is 2.02. The molecule has 4 heteroatoms. The lowest BCUT2D eigenvalue weighted by Crippen LogP contribution is -2.09. The second-order valence-corrected chi connectivity index (χ2v) is 3.37. The van der Waals surface area contributed by atoms with Crippen molar-refractivity contribution in [2.24, 2.45) is 5.73 Å². The lowest BCUT2D eigenvalue weighted by Gasteiger charge is -2.00. The van der Waals surface area contributed by atoms with Crippen molar-refractivity contribution < 1.29 is 4.79 Å². The molecule has 0 fully saturated rings. The normalized spacial score (nSPS) is 10.2. The van der Waals surface area contributed by atoms with Crippen LogP contribution in [-0.4, -0.2) is 15.7 Å². The van der Waals surface area contributed by atoms with Crippen LogP contribution in [-0.2, 0) is 0 Å². The maximum absolute atomic E-state index is 10.9. The lowest BCUT2D eigenvalue weighted by molar-refractivity contribution is 0.100. The summed E-state index contributed by atoms with van der Waals surface area (Å²) in [7, 11) is 0. The maximum Gasteiger partial charge on any atom is 0.251 e. The summed E-state index contributed by atoms with van der Waals surface area (Å²) in [5, 5.41) is 4.05. The van der Waals surface area contributed by atoms with Crippen LogP contribution in [0.15, 0.2) is 36.7 Å². The van der Waals surface area contributed by atoms with E-state index < -0.39 is 5.91 Å². The Kier molecular flexibility index (Phi) is 2.25. The fourth-order valence-corrected chi connectivity index (χ4v) is 1.29. The average Bonchev–Trinajstić information content (AvgIpc) is 2.68. The van der Waals surface area contributed by atoms with Crippen LogP contribution >= 0.6 is 0 Å². The summed E-state index contributed by atoms with van der Waals surface area (Å²) in [6.07, 6.45) is 3.08. The number of amides is 1. The van der Waals surface area contributed by atoms with Gasteiger partial charge in [0.2, 0.25) is 0 Å². The molecule has 15 heavy (non-hydrogen) atoms. The van der Waals surface area contributed by atoms with Gasteiger partial charge >= 0.3 is 0 Å². The molecule has 0 aliphatic heterocycles. The Morgan fingerprint density at radius 1 is 1.33 bits per heavy atom. The quantitative estimate of drug-likeness (QED) is 0.795. The highest BCUT2D eigenvalue weighted by atomic mass is 16.1. The van der Waals surface area contributed by atoms with Crippen molar-refractivity contribution in [3.05, 3.63) is 47.8 Å². The number of benzene rings is 1. The van der Waals surface area contributed by atoms with Crippen molar-refractivity contribution in [3.63, 3.8) is 0 Å². The van der Waals surface area contributed by atoms with Gasteiger partial charge in [-0.25, -0.2) is 4.68 Å². The third-order valence-corrected chi connectivity index (χ3v) is 2.17. The molecule has 0 radical (unpaired) electrons. The van der Waals surface area contributed by atoms with E-state index in [1.165, 1.54) is 11.8 Å².